The number of halogens is 3. The van der Waals surface area contributed by atoms with Crippen LogP contribution in [-0.2, 0) is 6.42 Å². The second kappa shape index (κ2) is 6.84. The zero-order valence-corrected chi connectivity index (χ0v) is 13.0. The van der Waals surface area contributed by atoms with Crippen LogP contribution in [0.5, 0.6) is 5.75 Å². The van der Waals surface area contributed by atoms with Gasteiger partial charge >= 0.3 is 6.36 Å². The van der Waals surface area contributed by atoms with Gasteiger partial charge in [0.05, 0.1) is 5.69 Å². The predicted octanol–water partition coefficient (Wildman–Crippen LogP) is 3.21. The van der Waals surface area contributed by atoms with Crippen LogP contribution in [0.1, 0.15) is 16.1 Å². The highest BCUT2D eigenvalue weighted by Crippen LogP contribution is 2.22. The van der Waals surface area contributed by atoms with E-state index in [9.17, 15) is 18.0 Å². The third-order valence-corrected chi connectivity index (χ3v) is 3.43. The van der Waals surface area contributed by atoms with E-state index in [2.05, 4.69) is 15.0 Å². The highest BCUT2D eigenvalue weighted by atomic mass is 19.4. The molecule has 5 nitrogen and oxygen atoms in total. The monoisotopic (exact) mass is 349 g/mol. The Morgan fingerprint density at radius 3 is 2.60 bits per heavy atom. The molecule has 0 aliphatic heterocycles. The van der Waals surface area contributed by atoms with Gasteiger partial charge in [-0.05, 0) is 36.4 Å². The van der Waals surface area contributed by atoms with E-state index in [1.165, 1.54) is 12.1 Å². The number of imidazole rings is 1. The molecule has 130 valence electrons. The smallest absolute Gasteiger partial charge is 0.406 e. The number of fused-ring (bicyclic) bond motifs is 1. The second-order valence-corrected chi connectivity index (χ2v) is 5.28. The van der Waals surface area contributed by atoms with Crippen LogP contribution >= 0.6 is 0 Å². The third kappa shape index (κ3) is 4.50. The fourth-order valence-electron chi connectivity index (χ4n) is 2.32. The normalized spacial score (nSPS) is 11.5. The fourth-order valence-corrected chi connectivity index (χ4v) is 2.32. The molecule has 0 radical (unpaired) electrons. The van der Waals surface area contributed by atoms with E-state index in [4.69, 9.17) is 0 Å². The molecule has 0 spiro atoms. The minimum Gasteiger partial charge on any atom is -0.406 e. The largest absolute Gasteiger partial charge is 0.573 e. The van der Waals surface area contributed by atoms with Gasteiger partial charge < -0.3 is 14.5 Å². The first kappa shape index (κ1) is 16.8. The lowest BCUT2D eigenvalue weighted by Gasteiger charge is -2.09. The number of rotatable bonds is 5. The molecule has 0 unspecified atom stereocenters. The maximum atomic E-state index is 12.1. The zero-order chi connectivity index (χ0) is 17.9. The van der Waals surface area contributed by atoms with Crippen molar-refractivity contribution in [3.8, 4) is 5.75 Å². The highest BCUT2D eigenvalue weighted by Gasteiger charge is 2.31. The lowest BCUT2D eigenvalue weighted by molar-refractivity contribution is -0.274. The molecule has 3 aromatic rings. The Morgan fingerprint density at radius 1 is 1.16 bits per heavy atom. The minimum absolute atomic E-state index is 0.254. The fraction of sp³-hybridized carbons (Fsp3) is 0.176. The number of hydrogen-bond donors (Lipinski definition) is 1. The van der Waals surface area contributed by atoms with Gasteiger partial charge in [0.15, 0.2) is 0 Å². The van der Waals surface area contributed by atoms with Gasteiger partial charge in [0, 0.05) is 30.9 Å². The van der Waals surface area contributed by atoms with Crippen molar-refractivity contribution in [3.05, 3.63) is 66.1 Å². The van der Waals surface area contributed by atoms with E-state index < -0.39 is 6.36 Å². The molecule has 1 amide bonds. The molecule has 0 bridgehead atoms. The van der Waals surface area contributed by atoms with Gasteiger partial charge in [-0.1, -0.05) is 6.07 Å². The molecule has 0 saturated carbocycles. The maximum absolute atomic E-state index is 12.1. The van der Waals surface area contributed by atoms with Crippen molar-refractivity contribution < 1.29 is 22.7 Å². The van der Waals surface area contributed by atoms with Gasteiger partial charge in [-0.25, -0.2) is 4.98 Å². The Bertz CT molecular complexity index is 840. The summed E-state index contributed by atoms with van der Waals surface area (Å²) in [7, 11) is 0. The average Bonchev–Trinajstić information content (AvgIpc) is 2.96. The maximum Gasteiger partial charge on any atom is 0.573 e. The third-order valence-electron chi connectivity index (χ3n) is 3.43. The van der Waals surface area contributed by atoms with Crippen molar-refractivity contribution in [1.82, 2.24) is 14.7 Å². The quantitative estimate of drug-likeness (QED) is 0.770. The summed E-state index contributed by atoms with van der Waals surface area (Å²) in [5, 5.41) is 2.71. The number of aromatic nitrogens is 2. The van der Waals surface area contributed by atoms with Gasteiger partial charge in [0.1, 0.15) is 11.4 Å². The Labute approximate surface area is 141 Å². The van der Waals surface area contributed by atoms with Crippen LogP contribution in [0, 0.1) is 0 Å². The first-order valence-corrected chi connectivity index (χ1v) is 7.47. The standard InChI is InChI=1S/C17H14F3N3O2/c18-17(19,20)25-14-6-4-12(5-7-14)16(24)21-9-8-13-11-23-10-2-1-3-15(23)22-13/h1-7,10-11H,8-9H2,(H,21,24). The molecule has 0 aliphatic carbocycles. The topological polar surface area (TPSA) is 55.6 Å². The van der Waals surface area contributed by atoms with Crippen LogP contribution in [0.4, 0.5) is 13.2 Å². The lowest BCUT2D eigenvalue weighted by atomic mass is 10.2. The number of nitrogens with zero attached hydrogens (tertiary/aromatic N) is 2. The summed E-state index contributed by atoms with van der Waals surface area (Å²) in [6.45, 7) is 0.365. The van der Waals surface area contributed by atoms with Gasteiger partial charge in [-0.3, -0.25) is 4.79 Å². The van der Waals surface area contributed by atoms with Crippen LogP contribution < -0.4 is 10.1 Å². The number of ether oxygens (including phenoxy) is 1. The van der Waals surface area contributed by atoms with Gasteiger partial charge in [-0.15, -0.1) is 13.2 Å². The number of benzene rings is 1. The first-order valence-electron chi connectivity index (χ1n) is 7.47. The number of hydrogen-bond acceptors (Lipinski definition) is 3. The number of carbonyl (C=O) groups excluding carboxylic acids is 1. The molecule has 0 atom stereocenters. The van der Waals surface area contributed by atoms with Crippen molar-refractivity contribution in [2.45, 2.75) is 12.8 Å². The first-order chi connectivity index (χ1) is 11.9. The molecule has 1 N–H and O–H groups in total. The highest BCUT2D eigenvalue weighted by molar-refractivity contribution is 5.94. The average molecular weight is 349 g/mol. The minimum atomic E-state index is -4.75. The summed E-state index contributed by atoms with van der Waals surface area (Å²) >= 11 is 0. The van der Waals surface area contributed by atoms with Crippen molar-refractivity contribution in [1.29, 1.82) is 0 Å². The number of alkyl halides is 3. The zero-order valence-electron chi connectivity index (χ0n) is 13.0. The van der Waals surface area contributed by atoms with Crippen LogP contribution in [0.2, 0.25) is 0 Å². The predicted molar refractivity (Wildman–Crippen MR) is 84.4 cm³/mol. The van der Waals surface area contributed by atoms with E-state index in [1.54, 1.807) is 0 Å². The Balaban J connectivity index is 1.53. The van der Waals surface area contributed by atoms with Gasteiger partial charge in [0.25, 0.3) is 5.91 Å². The molecule has 0 saturated heterocycles. The molecule has 8 heteroatoms. The summed E-state index contributed by atoms with van der Waals surface area (Å²) in [6, 6.07) is 10.4. The van der Waals surface area contributed by atoms with E-state index >= 15 is 0 Å². The van der Waals surface area contributed by atoms with E-state index in [1.807, 2.05) is 35.0 Å². The molecule has 0 aliphatic rings. The van der Waals surface area contributed by atoms with E-state index in [-0.39, 0.29) is 17.2 Å². The summed E-state index contributed by atoms with van der Waals surface area (Å²) in [5.74, 6) is -0.740. The molecule has 3 rings (SSSR count). The van der Waals surface area contributed by atoms with Crippen LogP contribution in [0.15, 0.2) is 54.9 Å². The van der Waals surface area contributed by atoms with E-state index in [0.717, 1.165) is 23.5 Å². The molecule has 2 aromatic heterocycles. The number of pyridine rings is 1. The number of carbonyl (C=O) groups is 1. The van der Waals surface area contributed by atoms with Crippen molar-refractivity contribution in [2.24, 2.45) is 0 Å². The molecular weight excluding hydrogens is 335 g/mol. The van der Waals surface area contributed by atoms with Gasteiger partial charge in [-0.2, -0.15) is 0 Å². The van der Waals surface area contributed by atoms with Gasteiger partial charge in [0.2, 0.25) is 0 Å². The SMILES string of the molecule is O=C(NCCc1cn2ccccc2n1)c1ccc(OC(F)(F)F)cc1. The Hall–Kier alpha value is -3.03. The Morgan fingerprint density at radius 2 is 1.92 bits per heavy atom. The van der Waals surface area contributed by atoms with Crippen LogP contribution in [0.3, 0.4) is 0 Å². The number of nitrogens with one attached hydrogen (secondary N) is 1. The van der Waals surface area contributed by atoms with E-state index in [0.29, 0.717) is 13.0 Å². The molecule has 2 heterocycles. The summed E-state index contributed by atoms with van der Waals surface area (Å²) in [5.41, 5.74) is 1.91. The summed E-state index contributed by atoms with van der Waals surface area (Å²) in [4.78, 5) is 16.4. The summed E-state index contributed by atoms with van der Waals surface area (Å²) in [6.07, 6.45) is -0.444. The Kier molecular flexibility index (Phi) is 4.60. The summed E-state index contributed by atoms with van der Waals surface area (Å²) < 4.78 is 41.9. The van der Waals surface area contributed by atoms with Crippen molar-refractivity contribution >= 4 is 11.6 Å². The number of amides is 1. The van der Waals surface area contributed by atoms with Crippen LogP contribution in [-0.4, -0.2) is 28.2 Å². The van der Waals surface area contributed by atoms with Crippen molar-refractivity contribution in [2.75, 3.05) is 6.54 Å². The molecule has 1 aromatic carbocycles. The van der Waals surface area contributed by atoms with Crippen LogP contribution in [0.25, 0.3) is 5.65 Å². The molecular formula is C17H14F3N3O2. The van der Waals surface area contributed by atoms with Crippen molar-refractivity contribution in [3.63, 3.8) is 0 Å². The molecule has 0 fully saturated rings. The second-order valence-electron chi connectivity index (χ2n) is 5.28. The molecule has 25 heavy (non-hydrogen) atoms. The lowest BCUT2D eigenvalue weighted by Crippen LogP contribution is -2.25.